The maximum absolute atomic E-state index is 13.1. The van der Waals surface area contributed by atoms with E-state index in [1.165, 1.54) is 28.6 Å². The predicted molar refractivity (Wildman–Crippen MR) is 111 cm³/mol. The van der Waals surface area contributed by atoms with Crippen molar-refractivity contribution in [2.24, 2.45) is 5.92 Å². The van der Waals surface area contributed by atoms with Gasteiger partial charge in [-0.25, -0.2) is 12.8 Å². The van der Waals surface area contributed by atoms with Gasteiger partial charge in [-0.1, -0.05) is 23.7 Å². The van der Waals surface area contributed by atoms with Gasteiger partial charge in [-0.2, -0.15) is 4.31 Å². The van der Waals surface area contributed by atoms with Crippen LogP contribution in [0.2, 0.25) is 5.02 Å². The van der Waals surface area contributed by atoms with Crippen LogP contribution in [0.3, 0.4) is 0 Å². The number of piperidine rings is 1. The van der Waals surface area contributed by atoms with Gasteiger partial charge in [-0.05, 0) is 61.7 Å². The Morgan fingerprint density at radius 2 is 1.66 bits per heavy atom. The van der Waals surface area contributed by atoms with E-state index in [-0.39, 0.29) is 28.6 Å². The van der Waals surface area contributed by atoms with Gasteiger partial charge in [0.1, 0.15) is 5.82 Å². The lowest BCUT2D eigenvalue weighted by Crippen LogP contribution is -2.43. The van der Waals surface area contributed by atoms with Crippen LogP contribution >= 0.6 is 11.6 Å². The minimum atomic E-state index is -3.60. The lowest BCUT2D eigenvalue weighted by molar-refractivity contribution is -0.137. The van der Waals surface area contributed by atoms with Gasteiger partial charge in [0.05, 0.1) is 10.9 Å². The van der Waals surface area contributed by atoms with Gasteiger partial charge in [0.2, 0.25) is 15.9 Å². The van der Waals surface area contributed by atoms with Gasteiger partial charge < -0.3 is 4.90 Å². The van der Waals surface area contributed by atoms with Crippen LogP contribution in [0.5, 0.6) is 0 Å². The van der Waals surface area contributed by atoms with E-state index in [4.69, 9.17) is 11.6 Å². The summed E-state index contributed by atoms with van der Waals surface area (Å²) in [4.78, 5) is 14.8. The molecule has 1 aliphatic heterocycles. The molecule has 2 aromatic rings. The molecule has 1 aliphatic rings. The number of carbonyl (C=O) groups excluding carboxylic acids is 1. The fourth-order valence-electron chi connectivity index (χ4n) is 3.54. The van der Waals surface area contributed by atoms with Crippen LogP contribution in [-0.4, -0.2) is 43.7 Å². The van der Waals surface area contributed by atoms with Crippen LogP contribution in [0.4, 0.5) is 4.39 Å². The topological polar surface area (TPSA) is 57.7 Å². The van der Waals surface area contributed by atoms with E-state index in [9.17, 15) is 17.6 Å². The van der Waals surface area contributed by atoms with Gasteiger partial charge in [0.15, 0.2) is 0 Å². The van der Waals surface area contributed by atoms with Crippen molar-refractivity contribution in [3.05, 3.63) is 64.9 Å². The first-order chi connectivity index (χ1) is 13.7. The third-order valence-electron chi connectivity index (χ3n) is 5.54. The van der Waals surface area contributed by atoms with Crippen LogP contribution in [0, 0.1) is 11.7 Å². The Kier molecular flexibility index (Phi) is 6.61. The highest BCUT2D eigenvalue weighted by Crippen LogP contribution is 2.28. The Labute approximate surface area is 176 Å². The summed E-state index contributed by atoms with van der Waals surface area (Å²) in [6.07, 6.45) is 0.929. The summed E-state index contributed by atoms with van der Waals surface area (Å²) in [7, 11) is -1.87. The Morgan fingerprint density at radius 3 is 2.21 bits per heavy atom. The highest BCUT2D eigenvalue weighted by atomic mass is 35.5. The first kappa shape index (κ1) is 21.7. The molecule has 0 aromatic heterocycles. The van der Waals surface area contributed by atoms with Crippen molar-refractivity contribution in [3.8, 4) is 0 Å². The van der Waals surface area contributed by atoms with Crippen LogP contribution in [0.25, 0.3) is 0 Å². The first-order valence-corrected chi connectivity index (χ1v) is 11.3. The molecule has 3 rings (SSSR count). The smallest absolute Gasteiger partial charge is 0.243 e. The summed E-state index contributed by atoms with van der Waals surface area (Å²) in [5.74, 6) is -0.575. The second kappa shape index (κ2) is 8.81. The van der Waals surface area contributed by atoms with Gasteiger partial charge >= 0.3 is 0 Å². The molecule has 0 radical (unpaired) electrons. The minimum absolute atomic E-state index is 0.0228. The van der Waals surface area contributed by atoms with Crippen molar-refractivity contribution in [1.29, 1.82) is 0 Å². The van der Waals surface area contributed by atoms with Gasteiger partial charge in [-0.15, -0.1) is 0 Å². The second-order valence-corrected chi connectivity index (χ2v) is 9.68. The summed E-state index contributed by atoms with van der Waals surface area (Å²) < 4.78 is 40.1. The molecule has 1 heterocycles. The molecule has 8 heteroatoms. The average molecular weight is 439 g/mol. The van der Waals surface area contributed by atoms with Crippen molar-refractivity contribution in [1.82, 2.24) is 9.21 Å². The molecule has 0 aliphatic carbocycles. The summed E-state index contributed by atoms with van der Waals surface area (Å²) in [6.45, 7) is 2.48. The molecular formula is C21H24ClFN2O3S. The molecule has 1 saturated heterocycles. The van der Waals surface area contributed by atoms with E-state index < -0.39 is 10.0 Å². The van der Waals surface area contributed by atoms with Crippen molar-refractivity contribution < 1.29 is 17.6 Å². The van der Waals surface area contributed by atoms with Crippen LogP contribution < -0.4 is 0 Å². The first-order valence-electron chi connectivity index (χ1n) is 9.48. The van der Waals surface area contributed by atoms with Crippen LogP contribution in [-0.2, 0) is 14.8 Å². The molecule has 156 valence electrons. The zero-order valence-electron chi connectivity index (χ0n) is 16.4. The van der Waals surface area contributed by atoms with E-state index in [2.05, 4.69) is 0 Å². The zero-order valence-corrected chi connectivity index (χ0v) is 18.0. The van der Waals surface area contributed by atoms with Crippen molar-refractivity contribution in [2.75, 3.05) is 20.1 Å². The summed E-state index contributed by atoms with van der Waals surface area (Å²) in [5, 5.41) is 0.478. The molecule has 0 spiro atoms. The minimum Gasteiger partial charge on any atom is -0.339 e. The van der Waals surface area contributed by atoms with Gasteiger partial charge in [-0.3, -0.25) is 4.79 Å². The van der Waals surface area contributed by atoms with Crippen molar-refractivity contribution in [3.63, 3.8) is 0 Å². The van der Waals surface area contributed by atoms with E-state index in [1.54, 1.807) is 36.2 Å². The normalized spacial score (nSPS) is 17.1. The maximum Gasteiger partial charge on any atom is 0.243 e. The number of nitrogens with zero attached hydrogens (tertiary/aromatic N) is 2. The summed E-state index contributed by atoms with van der Waals surface area (Å²) >= 11 is 5.84. The highest BCUT2D eigenvalue weighted by molar-refractivity contribution is 7.89. The highest BCUT2D eigenvalue weighted by Gasteiger charge is 2.34. The number of benzene rings is 2. The SMILES string of the molecule is CC(c1ccc(F)cc1)N(C)C(=O)C1CCN(S(=O)(=O)c2ccc(Cl)cc2)CC1. The fraction of sp³-hybridized carbons (Fsp3) is 0.381. The third-order valence-corrected chi connectivity index (χ3v) is 7.70. The molecule has 1 amide bonds. The number of hydrogen-bond donors (Lipinski definition) is 0. The second-order valence-electron chi connectivity index (χ2n) is 7.31. The Hall–Kier alpha value is -1.96. The fourth-order valence-corrected chi connectivity index (χ4v) is 5.14. The van der Waals surface area contributed by atoms with E-state index in [0.717, 1.165) is 5.56 Å². The Balaban J connectivity index is 1.63. The van der Waals surface area contributed by atoms with E-state index >= 15 is 0 Å². The lowest BCUT2D eigenvalue weighted by atomic mass is 9.95. The molecule has 1 atom stereocenters. The molecule has 2 aromatic carbocycles. The number of hydrogen-bond acceptors (Lipinski definition) is 3. The van der Waals surface area contributed by atoms with E-state index in [1.807, 2.05) is 6.92 Å². The molecular weight excluding hydrogens is 415 g/mol. The summed E-state index contributed by atoms with van der Waals surface area (Å²) in [6, 6.07) is 12.0. The number of rotatable bonds is 5. The average Bonchev–Trinajstić information content (AvgIpc) is 2.73. The third kappa shape index (κ3) is 4.79. The molecule has 0 N–H and O–H groups in total. The number of sulfonamides is 1. The Morgan fingerprint density at radius 1 is 1.10 bits per heavy atom. The van der Waals surface area contributed by atoms with E-state index in [0.29, 0.717) is 31.0 Å². The monoisotopic (exact) mass is 438 g/mol. The van der Waals surface area contributed by atoms with Crippen LogP contribution in [0.15, 0.2) is 53.4 Å². The molecule has 5 nitrogen and oxygen atoms in total. The zero-order chi connectivity index (χ0) is 21.2. The Bertz CT molecular complexity index is 956. The largest absolute Gasteiger partial charge is 0.339 e. The molecule has 1 unspecified atom stereocenters. The number of amides is 1. The summed E-state index contributed by atoms with van der Waals surface area (Å²) in [5.41, 5.74) is 0.852. The number of halogens is 2. The van der Waals surface area contributed by atoms with Crippen LogP contribution in [0.1, 0.15) is 31.4 Å². The molecule has 29 heavy (non-hydrogen) atoms. The standard InChI is InChI=1S/C21H24ClFN2O3S/c1-15(16-3-7-19(23)8-4-16)24(2)21(26)17-11-13-25(14-12-17)29(27,28)20-9-5-18(22)6-10-20/h3-10,15,17H,11-14H2,1-2H3. The van der Waals surface area contributed by atoms with Gasteiger partial charge in [0.25, 0.3) is 0 Å². The lowest BCUT2D eigenvalue weighted by Gasteiger charge is -2.34. The predicted octanol–water partition coefficient (Wildman–Crippen LogP) is 4.10. The number of carbonyl (C=O) groups is 1. The van der Waals surface area contributed by atoms with Gasteiger partial charge in [0, 0.05) is 31.1 Å². The van der Waals surface area contributed by atoms with Crippen molar-refractivity contribution >= 4 is 27.5 Å². The van der Waals surface area contributed by atoms with Crippen molar-refractivity contribution in [2.45, 2.75) is 30.7 Å². The molecule has 0 bridgehead atoms. The maximum atomic E-state index is 13.1. The molecule has 1 fully saturated rings. The molecule has 0 saturated carbocycles. The quantitative estimate of drug-likeness (QED) is 0.706.